The van der Waals surface area contributed by atoms with Crippen LogP contribution in [0.2, 0.25) is 0 Å². The van der Waals surface area contributed by atoms with E-state index >= 15 is 0 Å². The fraction of sp³-hybridized carbons (Fsp3) is 0.600. The van der Waals surface area contributed by atoms with Crippen molar-refractivity contribution in [3.63, 3.8) is 0 Å². The van der Waals surface area contributed by atoms with E-state index in [1.807, 2.05) is 0 Å². The van der Waals surface area contributed by atoms with Gasteiger partial charge in [0.2, 0.25) is 10.0 Å². The van der Waals surface area contributed by atoms with Gasteiger partial charge >= 0.3 is 5.97 Å². The normalized spacial score (nSPS) is 23.3. The molecule has 0 aromatic heterocycles. The van der Waals surface area contributed by atoms with Gasteiger partial charge in [-0.25, -0.2) is 13.2 Å². The van der Waals surface area contributed by atoms with Crippen molar-refractivity contribution in [1.82, 2.24) is 9.62 Å². The molecule has 1 aliphatic carbocycles. The minimum absolute atomic E-state index is 0.111. The monoisotopic (exact) mass is 424 g/mol. The molecule has 1 aromatic rings. The predicted molar refractivity (Wildman–Crippen MR) is 106 cm³/mol. The first-order valence-electron chi connectivity index (χ1n) is 10.0. The molecule has 0 spiro atoms. The second-order valence-electron chi connectivity index (χ2n) is 7.55. The number of rotatable bonds is 6. The van der Waals surface area contributed by atoms with Crippen LogP contribution < -0.4 is 5.32 Å². The molecule has 1 amide bonds. The third-order valence-electron chi connectivity index (χ3n) is 5.49. The van der Waals surface area contributed by atoms with Crippen LogP contribution in [-0.4, -0.2) is 63.6 Å². The number of esters is 1. The van der Waals surface area contributed by atoms with Gasteiger partial charge in [0, 0.05) is 19.1 Å². The lowest BCUT2D eigenvalue weighted by Crippen LogP contribution is -2.42. The molecule has 29 heavy (non-hydrogen) atoms. The van der Waals surface area contributed by atoms with Crippen LogP contribution in [0.4, 0.5) is 0 Å². The summed E-state index contributed by atoms with van der Waals surface area (Å²) in [6, 6.07) is 5.68. The number of carbonyl (C=O) groups is 2. The lowest BCUT2D eigenvalue weighted by molar-refractivity contribution is -0.125. The van der Waals surface area contributed by atoms with E-state index in [0.29, 0.717) is 32.2 Å². The van der Waals surface area contributed by atoms with Crippen molar-refractivity contribution in [3.8, 4) is 0 Å². The summed E-state index contributed by atoms with van der Waals surface area (Å²) in [4.78, 5) is 24.4. The largest absolute Gasteiger partial charge is 0.452 e. The third-order valence-corrected chi connectivity index (χ3v) is 7.40. The Kier molecular flexibility index (Phi) is 7.26. The molecule has 1 saturated carbocycles. The minimum atomic E-state index is -3.61. The summed E-state index contributed by atoms with van der Waals surface area (Å²) in [6.45, 7) is 3.11. The number of nitrogens with one attached hydrogen (secondary N) is 1. The summed E-state index contributed by atoms with van der Waals surface area (Å²) in [5.74, 6) is -0.555. The summed E-state index contributed by atoms with van der Waals surface area (Å²) >= 11 is 0. The number of nitrogens with zero attached hydrogens (tertiary/aromatic N) is 1. The smallest absolute Gasteiger partial charge is 0.338 e. The number of carbonyl (C=O) groups excluding carboxylic acids is 2. The van der Waals surface area contributed by atoms with Crippen LogP contribution in [0.15, 0.2) is 29.2 Å². The first kappa shape index (κ1) is 21.7. The van der Waals surface area contributed by atoms with E-state index in [1.165, 1.54) is 35.0 Å². The second kappa shape index (κ2) is 9.69. The Labute approximate surface area is 171 Å². The Hall–Kier alpha value is -1.97. The van der Waals surface area contributed by atoms with Gasteiger partial charge in [-0.2, -0.15) is 4.31 Å². The standard InChI is InChI=1S/C20H28N2O6S/c1-15-4-2-3-5-18(15)21-19(23)14-28-20(24)16-6-8-17(9-7-16)29(25,26)22-10-12-27-13-11-22/h6-9,15,18H,2-5,10-14H2,1H3,(H,21,23)/t15-,18-/m0/s1. The molecule has 0 bridgehead atoms. The third kappa shape index (κ3) is 5.55. The van der Waals surface area contributed by atoms with E-state index in [0.717, 1.165) is 19.3 Å². The Morgan fingerprint density at radius 3 is 2.45 bits per heavy atom. The van der Waals surface area contributed by atoms with Gasteiger partial charge in [-0.15, -0.1) is 0 Å². The van der Waals surface area contributed by atoms with Crippen LogP contribution in [0.5, 0.6) is 0 Å². The number of hydrogen-bond donors (Lipinski definition) is 1. The molecule has 0 unspecified atom stereocenters. The van der Waals surface area contributed by atoms with Crippen LogP contribution in [0.1, 0.15) is 43.0 Å². The summed E-state index contributed by atoms with van der Waals surface area (Å²) in [5.41, 5.74) is 0.199. The van der Waals surface area contributed by atoms with E-state index < -0.39 is 16.0 Å². The maximum Gasteiger partial charge on any atom is 0.338 e. The molecule has 3 rings (SSSR count). The van der Waals surface area contributed by atoms with Crippen LogP contribution in [0.25, 0.3) is 0 Å². The molecule has 1 heterocycles. The fourth-order valence-electron chi connectivity index (χ4n) is 3.69. The Morgan fingerprint density at radius 1 is 1.14 bits per heavy atom. The number of benzene rings is 1. The molecule has 0 radical (unpaired) electrons. The zero-order valence-electron chi connectivity index (χ0n) is 16.6. The van der Waals surface area contributed by atoms with Gasteiger partial charge in [-0.3, -0.25) is 4.79 Å². The van der Waals surface area contributed by atoms with Gasteiger partial charge in [0.1, 0.15) is 0 Å². The minimum Gasteiger partial charge on any atom is -0.452 e. The highest BCUT2D eigenvalue weighted by Gasteiger charge is 2.27. The topological polar surface area (TPSA) is 102 Å². The van der Waals surface area contributed by atoms with Gasteiger partial charge in [0.05, 0.1) is 23.7 Å². The van der Waals surface area contributed by atoms with Crippen molar-refractivity contribution in [1.29, 1.82) is 0 Å². The Balaban J connectivity index is 1.52. The molecule has 1 saturated heterocycles. The molecule has 1 N–H and O–H groups in total. The lowest BCUT2D eigenvalue weighted by atomic mass is 9.86. The number of amides is 1. The maximum absolute atomic E-state index is 12.6. The van der Waals surface area contributed by atoms with Crippen LogP contribution in [-0.2, 0) is 24.3 Å². The van der Waals surface area contributed by atoms with Gasteiger partial charge < -0.3 is 14.8 Å². The Morgan fingerprint density at radius 2 is 1.79 bits per heavy atom. The quantitative estimate of drug-likeness (QED) is 0.696. The van der Waals surface area contributed by atoms with Crippen molar-refractivity contribution in [2.24, 2.45) is 5.92 Å². The van der Waals surface area contributed by atoms with Gasteiger partial charge in [-0.1, -0.05) is 19.8 Å². The molecule has 2 aliphatic rings. The highest BCUT2D eigenvalue weighted by molar-refractivity contribution is 7.89. The molecule has 8 nitrogen and oxygen atoms in total. The van der Waals surface area contributed by atoms with E-state index in [-0.39, 0.29) is 29.0 Å². The van der Waals surface area contributed by atoms with Crippen molar-refractivity contribution in [3.05, 3.63) is 29.8 Å². The molecule has 160 valence electrons. The second-order valence-corrected chi connectivity index (χ2v) is 9.49. The predicted octanol–water partition coefficient (Wildman–Crippen LogP) is 1.56. The van der Waals surface area contributed by atoms with Crippen molar-refractivity contribution < 1.29 is 27.5 Å². The average Bonchev–Trinajstić information content (AvgIpc) is 2.74. The highest BCUT2D eigenvalue weighted by Crippen LogP contribution is 2.23. The van der Waals surface area contributed by atoms with Gasteiger partial charge in [0.25, 0.3) is 5.91 Å². The van der Waals surface area contributed by atoms with Gasteiger partial charge in [-0.05, 0) is 43.0 Å². The first-order valence-corrected chi connectivity index (χ1v) is 11.5. The Bertz CT molecular complexity index is 818. The van der Waals surface area contributed by atoms with Crippen molar-refractivity contribution in [2.75, 3.05) is 32.9 Å². The molecule has 1 aliphatic heterocycles. The fourth-order valence-corrected chi connectivity index (χ4v) is 5.10. The number of ether oxygens (including phenoxy) is 2. The summed E-state index contributed by atoms with van der Waals surface area (Å²) in [7, 11) is -3.61. The zero-order valence-corrected chi connectivity index (χ0v) is 17.4. The first-order chi connectivity index (χ1) is 13.9. The number of morpholine rings is 1. The maximum atomic E-state index is 12.6. The summed E-state index contributed by atoms with van der Waals surface area (Å²) in [6.07, 6.45) is 4.30. The molecular weight excluding hydrogens is 396 g/mol. The van der Waals surface area contributed by atoms with Crippen molar-refractivity contribution >= 4 is 21.9 Å². The van der Waals surface area contributed by atoms with Crippen molar-refractivity contribution in [2.45, 2.75) is 43.5 Å². The SMILES string of the molecule is C[C@H]1CCCC[C@@H]1NC(=O)COC(=O)c1ccc(S(=O)(=O)N2CCOCC2)cc1. The molecular formula is C20H28N2O6S. The van der Waals surface area contributed by atoms with Crippen LogP contribution in [0, 0.1) is 5.92 Å². The average molecular weight is 425 g/mol. The molecule has 2 atom stereocenters. The summed E-state index contributed by atoms with van der Waals surface area (Å²) in [5, 5.41) is 2.93. The van der Waals surface area contributed by atoms with E-state index in [2.05, 4.69) is 12.2 Å². The molecule has 9 heteroatoms. The van der Waals surface area contributed by atoms with Crippen LogP contribution in [0.3, 0.4) is 0 Å². The lowest BCUT2D eigenvalue weighted by Gasteiger charge is -2.29. The molecule has 2 fully saturated rings. The zero-order chi connectivity index (χ0) is 20.9. The van der Waals surface area contributed by atoms with Gasteiger partial charge in [0.15, 0.2) is 6.61 Å². The highest BCUT2D eigenvalue weighted by atomic mass is 32.2. The summed E-state index contributed by atoms with van der Waals surface area (Å²) < 4.78 is 36.8. The van der Waals surface area contributed by atoms with E-state index in [4.69, 9.17) is 9.47 Å². The van der Waals surface area contributed by atoms with E-state index in [1.54, 1.807) is 0 Å². The molecule has 1 aromatic carbocycles. The van der Waals surface area contributed by atoms with Crippen LogP contribution >= 0.6 is 0 Å². The number of sulfonamides is 1. The number of hydrogen-bond acceptors (Lipinski definition) is 6. The van der Waals surface area contributed by atoms with E-state index in [9.17, 15) is 18.0 Å².